The first-order valence-electron chi connectivity index (χ1n) is 5.81. The summed E-state index contributed by atoms with van der Waals surface area (Å²) in [4.78, 5) is -0.00815. The fourth-order valence-electron chi connectivity index (χ4n) is 1.39. The average Bonchev–Trinajstić information content (AvgIpc) is 2.27. The lowest BCUT2D eigenvalue weighted by Crippen LogP contribution is -2.16. The van der Waals surface area contributed by atoms with Crippen molar-refractivity contribution >= 4 is 17.2 Å². The summed E-state index contributed by atoms with van der Waals surface area (Å²) in [5.74, 6) is 0.366. The second-order valence-electron chi connectivity index (χ2n) is 4.29. The van der Waals surface area contributed by atoms with Gasteiger partial charge in [0.05, 0.1) is 12.2 Å². The molecule has 0 aromatic heterocycles. The Morgan fingerprint density at radius 3 is 2.72 bits per heavy atom. The number of nitrogens with two attached hydrogens (primary N) is 1. The molecule has 0 fully saturated rings. The van der Waals surface area contributed by atoms with Gasteiger partial charge in [-0.25, -0.2) is 4.39 Å². The van der Waals surface area contributed by atoms with Crippen LogP contribution in [0.3, 0.4) is 0 Å². The van der Waals surface area contributed by atoms with Gasteiger partial charge in [0.2, 0.25) is 0 Å². The average molecular weight is 271 g/mol. The Morgan fingerprint density at radius 1 is 1.39 bits per heavy atom. The lowest BCUT2D eigenvalue weighted by atomic mass is 10.2. The molecule has 0 bridgehead atoms. The second kappa shape index (κ2) is 7.28. The molecule has 0 heterocycles. The molecule has 0 aliphatic rings. The number of halogens is 1. The van der Waals surface area contributed by atoms with Crippen LogP contribution in [0.2, 0.25) is 0 Å². The van der Waals surface area contributed by atoms with Crippen molar-refractivity contribution in [1.82, 2.24) is 0 Å². The topological polar surface area (TPSA) is 44.5 Å². The van der Waals surface area contributed by atoms with Gasteiger partial charge in [-0.2, -0.15) is 0 Å². The zero-order valence-electron chi connectivity index (χ0n) is 10.6. The largest absolute Gasteiger partial charge is 0.490 e. The van der Waals surface area contributed by atoms with Gasteiger partial charge in [-0.05, 0) is 18.1 Å². The number of hydrogen-bond acceptors (Lipinski definition) is 3. The quantitative estimate of drug-likeness (QED) is 0.611. The summed E-state index contributed by atoms with van der Waals surface area (Å²) in [6.45, 7) is 5.60. The molecule has 1 rings (SSSR count). The van der Waals surface area contributed by atoms with Crippen molar-refractivity contribution in [2.75, 3.05) is 19.8 Å². The molecule has 0 amide bonds. The minimum absolute atomic E-state index is 0.00815. The Bertz CT molecular complexity index is 410. The van der Waals surface area contributed by atoms with Gasteiger partial charge in [0, 0.05) is 6.61 Å². The Labute approximate surface area is 112 Å². The third-order valence-electron chi connectivity index (χ3n) is 2.16. The third kappa shape index (κ3) is 4.58. The summed E-state index contributed by atoms with van der Waals surface area (Å²) >= 11 is 4.80. The van der Waals surface area contributed by atoms with E-state index < -0.39 is 5.82 Å². The molecule has 0 spiro atoms. The lowest BCUT2D eigenvalue weighted by Gasteiger charge is -2.12. The fraction of sp³-hybridized carbons (Fsp3) is 0.462. The van der Waals surface area contributed by atoms with E-state index in [1.165, 1.54) is 6.07 Å². The van der Waals surface area contributed by atoms with Gasteiger partial charge in [0.15, 0.2) is 0 Å². The monoisotopic (exact) mass is 271 g/mol. The maximum atomic E-state index is 13.5. The highest BCUT2D eigenvalue weighted by Gasteiger charge is 2.11. The SMILES string of the molecule is CC(C)COCCOc1cccc(F)c1C(N)=S. The van der Waals surface area contributed by atoms with E-state index in [1.807, 2.05) is 0 Å². The molecule has 1 aromatic carbocycles. The second-order valence-corrected chi connectivity index (χ2v) is 4.73. The van der Waals surface area contributed by atoms with Crippen LogP contribution in [0.4, 0.5) is 4.39 Å². The van der Waals surface area contributed by atoms with Crippen LogP contribution in [-0.2, 0) is 4.74 Å². The highest BCUT2D eigenvalue weighted by molar-refractivity contribution is 7.80. The van der Waals surface area contributed by atoms with E-state index >= 15 is 0 Å². The summed E-state index contributed by atoms with van der Waals surface area (Å²) < 4.78 is 24.3. The summed E-state index contributed by atoms with van der Waals surface area (Å²) in [5.41, 5.74) is 5.62. The Morgan fingerprint density at radius 2 is 2.11 bits per heavy atom. The molecule has 0 atom stereocenters. The van der Waals surface area contributed by atoms with Gasteiger partial charge in [-0.15, -0.1) is 0 Å². The Hall–Kier alpha value is -1.20. The van der Waals surface area contributed by atoms with Crippen LogP contribution in [0.5, 0.6) is 5.75 Å². The highest BCUT2D eigenvalue weighted by atomic mass is 32.1. The number of ether oxygens (including phenoxy) is 2. The van der Waals surface area contributed by atoms with E-state index in [9.17, 15) is 4.39 Å². The smallest absolute Gasteiger partial charge is 0.137 e. The van der Waals surface area contributed by atoms with E-state index in [1.54, 1.807) is 12.1 Å². The van der Waals surface area contributed by atoms with Gasteiger partial charge in [-0.3, -0.25) is 0 Å². The van der Waals surface area contributed by atoms with Crippen LogP contribution in [0, 0.1) is 11.7 Å². The molecular weight excluding hydrogens is 253 g/mol. The number of benzene rings is 1. The highest BCUT2D eigenvalue weighted by Crippen LogP contribution is 2.21. The molecule has 100 valence electrons. The summed E-state index contributed by atoms with van der Waals surface area (Å²) in [6.07, 6.45) is 0. The van der Waals surface area contributed by atoms with E-state index in [2.05, 4.69) is 13.8 Å². The minimum atomic E-state index is -0.469. The van der Waals surface area contributed by atoms with Crippen LogP contribution >= 0.6 is 12.2 Å². The molecule has 5 heteroatoms. The molecule has 0 aliphatic heterocycles. The third-order valence-corrected chi connectivity index (χ3v) is 2.36. The van der Waals surface area contributed by atoms with E-state index in [0.717, 1.165) is 0 Å². The van der Waals surface area contributed by atoms with Gasteiger partial charge >= 0.3 is 0 Å². The van der Waals surface area contributed by atoms with Crippen molar-refractivity contribution in [2.24, 2.45) is 11.7 Å². The van der Waals surface area contributed by atoms with Crippen LogP contribution in [-0.4, -0.2) is 24.8 Å². The Balaban J connectivity index is 2.52. The van der Waals surface area contributed by atoms with E-state index in [0.29, 0.717) is 31.5 Å². The normalized spacial score (nSPS) is 10.7. The number of hydrogen-bond donors (Lipinski definition) is 1. The first-order chi connectivity index (χ1) is 8.52. The van der Waals surface area contributed by atoms with E-state index in [4.69, 9.17) is 27.4 Å². The zero-order valence-corrected chi connectivity index (χ0v) is 11.4. The number of thiocarbonyl (C=S) groups is 1. The molecule has 0 aliphatic carbocycles. The summed E-state index contributed by atoms with van der Waals surface area (Å²) in [7, 11) is 0. The first-order valence-corrected chi connectivity index (χ1v) is 6.22. The predicted octanol–water partition coefficient (Wildman–Crippen LogP) is 2.51. The zero-order chi connectivity index (χ0) is 13.5. The predicted molar refractivity (Wildman–Crippen MR) is 73.4 cm³/mol. The van der Waals surface area contributed by atoms with Crippen molar-refractivity contribution in [1.29, 1.82) is 0 Å². The fourth-order valence-corrected chi connectivity index (χ4v) is 1.59. The molecule has 0 saturated heterocycles. The molecule has 0 saturated carbocycles. The summed E-state index contributed by atoms with van der Waals surface area (Å²) in [6, 6.07) is 4.50. The van der Waals surface area contributed by atoms with Gasteiger partial charge < -0.3 is 15.2 Å². The molecule has 1 aromatic rings. The van der Waals surface area contributed by atoms with Crippen LogP contribution < -0.4 is 10.5 Å². The molecule has 3 nitrogen and oxygen atoms in total. The van der Waals surface area contributed by atoms with Crippen LogP contribution in [0.25, 0.3) is 0 Å². The summed E-state index contributed by atoms with van der Waals surface area (Å²) in [5, 5.41) is 0. The first kappa shape index (κ1) is 14.9. The maximum Gasteiger partial charge on any atom is 0.137 e. The van der Waals surface area contributed by atoms with Crippen LogP contribution in [0.1, 0.15) is 19.4 Å². The minimum Gasteiger partial charge on any atom is -0.490 e. The lowest BCUT2D eigenvalue weighted by molar-refractivity contribution is 0.0817. The Kier molecular flexibility index (Phi) is 6.01. The number of rotatable bonds is 7. The van der Waals surface area contributed by atoms with E-state index in [-0.39, 0.29) is 10.6 Å². The van der Waals surface area contributed by atoms with Crippen molar-refractivity contribution in [3.8, 4) is 5.75 Å². The van der Waals surface area contributed by atoms with Crippen molar-refractivity contribution in [3.05, 3.63) is 29.6 Å². The standard InChI is InChI=1S/C13H18FNO2S/c1-9(2)8-16-6-7-17-11-5-3-4-10(14)12(11)13(15)18/h3-5,9H,6-8H2,1-2H3,(H2,15,18). The van der Waals surface area contributed by atoms with Gasteiger partial charge in [0.25, 0.3) is 0 Å². The molecule has 18 heavy (non-hydrogen) atoms. The van der Waals surface area contributed by atoms with Gasteiger partial charge in [-0.1, -0.05) is 32.1 Å². The molecule has 0 unspecified atom stereocenters. The molecule has 2 N–H and O–H groups in total. The van der Waals surface area contributed by atoms with Crippen molar-refractivity contribution in [2.45, 2.75) is 13.8 Å². The van der Waals surface area contributed by atoms with Crippen LogP contribution in [0.15, 0.2) is 18.2 Å². The van der Waals surface area contributed by atoms with Crippen molar-refractivity contribution in [3.63, 3.8) is 0 Å². The maximum absolute atomic E-state index is 13.5. The molecular formula is C13H18FNO2S. The van der Waals surface area contributed by atoms with Crippen molar-refractivity contribution < 1.29 is 13.9 Å². The van der Waals surface area contributed by atoms with Gasteiger partial charge in [0.1, 0.15) is 23.2 Å². The molecule has 0 radical (unpaired) electrons.